The molecule has 112 valence electrons. The first kappa shape index (κ1) is 16.7. The van der Waals surface area contributed by atoms with E-state index >= 15 is 0 Å². The van der Waals surface area contributed by atoms with E-state index in [9.17, 15) is 0 Å². The molecule has 1 fully saturated rings. The van der Waals surface area contributed by atoms with Gasteiger partial charge in [0.15, 0.2) is 5.11 Å². The van der Waals surface area contributed by atoms with Gasteiger partial charge in [0.25, 0.3) is 0 Å². The highest BCUT2D eigenvalue weighted by Crippen LogP contribution is 2.21. The van der Waals surface area contributed by atoms with Crippen molar-refractivity contribution in [2.75, 3.05) is 27.2 Å². The van der Waals surface area contributed by atoms with Crippen LogP contribution >= 0.6 is 12.2 Å². The Labute approximate surface area is 123 Å². The van der Waals surface area contributed by atoms with Crippen molar-refractivity contribution in [1.82, 2.24) is 10.6 Å². The number of quaternary nitrogens is 2. The second kappa shape index (κ2) is 6.37. The van der Waals surface area contributed by atoms with Gasteiger partial charge in [-0.3, -0.25) is 0 Å². The van der Waals surface area contributed by atoms with Crippen LogP contribution in [-0.4, -0.2) is 49.4 Å². The van der Waals surface area contributed by atoms with E-state index in [-0.39, 0.29) is 11.1 Å². The molecule has 0 spiro atoms. The minimum absolute atomic E-state index is 0.281. The van der Waals surface area contributed by atoms with E-state index in [2.05, 4.69) is 57.7 Å². The van der Waals surface area contributed by atoms with Gasteiger partial charge in [-0.05, 0) is 39.9 Å². The molecule has 0 saturated carbocycles. The first-order valence-electron chi connectivity index (χ1n) is 7.30. The van der Waals surface area contributed by atoms with Crippen LogP contribution in [0.5, 0.6) is 0 Å². The fraction of sp³-hybridized carbons (Fsp3) is 0.929. The molecule has 0 unspecified atom stereocenters. The fourth-order valence-electron chi connectivity index (χ4n) is 3.28. The second-order valence-electron chi connectivity index (χ2n) is 7.58. The lowest BCUT2D eigenvalue weighted by molar-refractivity contribution is -0.856. The molecule has 1 rings (SSSR count). The molecule has 1 aliphatic rings. The lowest BCUT2D eigenvalue weighted by atomic mass is 9.80. The summed E-state index contributed by atoms with van der Waals surface area (Å²) < 4.78 is 0. The van der Waals surface area contributed by atoms with E-state index in [1.54, 1.807) is 0 Å². The summed E-state index contributed by atoms with van der Waals surface area (Å²) in [5.74, 6) is 0. The molecule has 5 N–H and O–H groups in total. The molecule has 4 nitrogen and oxygen atoms in total. The lowest BCUT2D eigenvalue weighted by Crippen LogP contribution is -3.06. The Morgan fingerprint density at radius 2 is 1.74 bits per heavy atom. The number of hydrogen-bond donors (Lipinski definition) is 4. The summed E-state index contributed by atoms with van der Waals surface area (Å²) in [5, 5.41) is 10.1. The van der Waals surface area contributed by atoms with Gasteiger partial charge in [0.1, 0.15) is 0 Å². The molecule has 0 amide bonds. The molecule has 0 aliphatic carbocycles. The third-order valence-electron chi connectivity index (χ3n) is 3.57. The number of nitrogens with one attached hydrogen (secondary N) is 3. The van der Waals surface area contributed by atoms with E-state index in [0.29, 0.717) is 6.04 Å². The second-order valence-corrected chi connectivity index (χ2v) is 7.99. The van der Waals surface area contributed by atoms with Crippen LogP contribution in [0.2, 0.25) is 0 Å². The summed E-state index contributed by atoms with van der Waals surface area (Å²) in [6, 6.07) is 0.474. The van der Waals surface area contributed by atoms with Crippen LogP contribution in [0.15, 0.2) is 0 Å². The van der Waals surface area contributed by atoms with Gasteiger partial charge in [-0.15, -0.1) is 0 Å². The van der Waals surface area contributed by atoms with Gasteiger partial charge in [-0.25, -0.2) is 0 Å². The summed E-state index contributed by atoms with van der Waals surface area (Å²) in [6.45, 7) is 11.3. The Balaban J connectivity index is 2.41. The van der Waals surface area contributed by atoms with Crippen molar-refractivity contribution in [2.45, 2.75) is 57.7 Å². The van der Waals surface area contributed by atoms with E-state index in [1.165, 1.54) is 4.90 Å². The monoisotopic (exact) mass is 288 g/mol. The maximum absolute atomic E-state index is 5.40. The normalized spacial score (nSPS) is 22.3. The fourth-order valence-corrected chi connectivity index (χ4v) is 3.55. The van der Waals surface area contributed by atoms with Crippen LogP contribution in [0.3, 0.4) is 0 Å². The van der Waals surface area contributed by atoms with Crippen molar-refractivity contribution in [3.63, 3.8) is 0 Å². The number of piperidine rings is 1. The lowest BCUT2D eigenvalue weighted by Gasteiger charge is -2.43. The molecule has 5 heteroatoms. The van der Waals surface area contributed by atoms with Crippen molar-refractivity contribution < 1.29 is 10.2 Å². The van der Waals surface area contributed by atoms with E-state index in [0.717, 1.165) is 31.0 Å². The highest BCUT2D eigenvalue weighted by molar-refractivity contribution is 7.80. The highest BCUT2D eigenvalue weighted by Gasteiger charge is 2.41. The third-order valence-corrected chi connectivity index (χ3v) is 3.83. The average molecular weight is 289 g/mol. The van der Waals surface area contributed by atoms with Crippen LogP contribution in [0.1, 0.15) is 40.5 Å². The molecule has 0 radical (unpaired) electrons. The number of thiocarbonyl (C=S) groups is 1. The Hall–Kier alpha value is -0.390. The molecule has 1 aliphatic heterocycles. The standard InChI is InChI=1S/C14H30N4S/c1-13(2)9-11(10-14(3,4)17-13)16-12(19)15-7-8-18(5)6/h11,17H,7-10H2,1-6H3,(H2,15,16,19)/p+2. The van der Waals surface area contributed by atoms with Crippen LogP contribution in [-0.2, 0) is 0 Å². The molecule has 1 saturated heterocycles. The minimum atomic E-state index is 0.281. The largest absolute Gasteiger partial charge is 0.359 e. The first-order valence-corrected chi connectivity index (χ1v) is 7.71. The number of likely N-dealkylation sites (N-methyl/N-ethyl adjacent to an activating group) is 1. The zero-order valence-corrected chi connectivity index (χ0v) is 14.2. The topological polar surface area (TPSA) is 45.1 Å². The molecule has 1 heterocycles. The van der Waals surface area contributed by atoms with Gasteiger partial charge in [0.05, 0.1) is 38.3 Å². The predicted octanol–water partition coefficient (Wildman–Crippen LogP) is -1.12. The third kappa shape index (κ3) is 6.54. The molecule has 19 heavy (non-hydrogen) atoms. The number of nitrogens with two attached hydrogens (primary N) is 1. The summed E-state index contributed by atoms with van der Waals surface area (Å²) in [7, 11) is 4.31. The minimum Gasteiger partial charge on any atom is -0.359 e. The molecular formula is C14H32N4S+2. The zero-order valence-electron chi connectivity index (χ0n) is 13.4. The summed E-state index contributed by atoms with van der Waals surface area (Å²) in [5.41, 5.74) is 0.561. The highest BCUT2D eigenvalue weighted by atomic mass is 32.1. The molecular weight excluding hydrogens is 256 g/mol. The quantitative estimate of drug-likeness (QED) is 0.496. The maximum Gasteiger partial charge on any atom is 0.166 e. The summed E-state index contributed by atoms with van der Waals surface area (Å²) in [6.07, 6.45) is 2.30. The van der Waals surface area contributed by atoms with Crippen LogP contribution in [0.4, 0.5) is 0 Å². The van der Waals surface area contributed by atoms with Crippen LogP contribution < -0.4 is 20.9 Å². The van der Waals surface area contributed by atoms with Crippen LogP contribution in [0, 0.1) is 0 Å². The average Bonchev–Trinajstić information content (AvgIpc) is 2.10. The van der Waals surface area contributed by atoms with E-state index < -0.39 is 0 Å². The predicted molar refractivity (Wildman–Crippen MR) is 84.5 cm³/mol. The van der Waals surface area contributed by atoms with Crippen molar-refractivity contribution in [3.8, 4) is 0 Å². The van der Waals surface area contributed by atoms with E-state index in [4.69, 9.17) is 12.2 Å². The Bertz CT molecular complexity index is 297. The van der Waals surface area contributed by atoms with Crippen molar-refractivity contribution >= 4 is 17.3 Å². The Morgan fingerprint density at radius 3 is 2.21 bits per heavy atom. The molecule has 0 atom stereocenters. The molecule has 0 bridgehead atoms. The van der Waals surface area contributed by atoms with Gasteiger partial charge < -0.3 is 20.9 Å². The Kier molecular flexibility index (Phi) is 5.59. The first-order chi connectivity index (χ1) is 8.60. The SMILES string of the molecule is C[NH+](C)CCNC(=S)NC1CC(C)(C)[NH2+]C(C)(C)C1. The summed E-state index contributed by atoms with van der Waals surface area (Å²) >= 11 is 5.40. The summed E-state index contributed by atoms with van der Waals surface area (Å²) in [4.78, 5) is 1.44. The zero-order chi connectivity index (χ0) is 14.7. The Morgan fingerprint density at radius 1 is 1.21 bits per heavy atom. The van der Waals surface area contributed by atoms with Crippen molar-refractivity contribution in [2.24, 2.45) is 0 Å². The van der Waals surface area contributed by atoms with Crippen LogP contribution in [0.25, 0.3) is 0 Å². The van der Waals surface area contributed by atoms with Gasteiger partial charge in [-0.1, -0.05) is 0 Å². The van der Waals surface area contributed by atoms with Gasteiger partial charge in [0, 0.05) is 18.9 Å². The molecule has 0 aromatic carbocycles. The molecule has 0 aromatic heterocycles. The van der Waals surface area contributed by atoms with Crippen molar-refractivity contribution in [1.29, 1.82) is 0 Å². The smallest absolute Gasteiger partial charge is 0.166 e. The number of hydrogen-bond acceptors (Lipinski definition) is 1. The van der Waals surface area contributed by atoms with Crippen molar-refractivity contribution in [3.05, 3.63) is 0 Å². The van der Waals surface area contributed by atoms with Gasteiger partial charge in [-0.2, -0.15) is 0 Å². The number of rotatable bonds is 4. The maximum atomic E-state index is 5.40. The van der Waals surface area contributed by atoms with E-state index in [1.807, 2.05) is 0 Å². The molecule has 0 aromatic rings. The van der Waals surface area contributed by atoms with Gasteiger partial charge >= 0.3 is 0 Å². The van der Waals surface area contributed by atoms with Gasteiger partial charge in [0.2, 0.25) is 0 Å².